The van der Waals surface area contributed by atoms with E-state index in [1.54, 1.807) is 53.3 Å². The number of para-hydroxylation sites is 1. The number of rotatable bonds is 6. The van der Waals surface area contributed by atoms with Gasteiger partial charge in [0.05, 0.1) is 21.6 Å². The van der Waals surface area contributed by atoms with Gasteiger partial charge in [-0.15, -0.1) is 0 Å². The average Bonchev–Trinajstić information content (AvgIpc) is 3.19. The molecule has 0 fully saturated rings. The number of alkyl halides is 3. The molecule has 0 atom stereocenters. The van der Waals surface area contributed by atoms with E-state index in [1.807, 2.05) is 0 Å². The molecule has 4 rings (SSSR count). The van der Waals surface area contributed by atoms with Crippen LogP contribution in [0.25, 0.3) is 34.3 Å². The molecule has 0 radical (unpaired) electrons. The van der Waals surface area contributed by atoms with E-state index in [9.17, 15) is 30.0 Å². The maximum atomic E-state index is 12.8. The first-order chi connectivity index (χ1) is 16.3. The van der Waals surface area contributed by atoms with E-state index in [4.69, 9.17) is 0 Å². The Morgan fingerprint density at radius 2 is 1.60 bits per heavy atom. The number of halogens is 3. The zero-order valence-corrected chi connectivity index (χ0v) is 19.7. The molecule has 12 heteroatoms. The Labute approximate surface area is 199 Å². The molecule has 4 aromatic rings. The molecule has 0 saturated carbocycles. The Kier molecular flexibility index (Phi) is 6.20. The highest BCUT2D eigenvalue weighted by Crippen LogP contribution is 2.33. The van der Waals surface area contributed by atoms with Crippen molar-refractivity contribution in [2.24, 2.45) is 0 Å². The number of anilines is 1. The Balaban J connectivity index is 1.62. The van der Waals surface area contributed by atoms with Crippen LogP contribution in [0, 0.1) is 0 Å². The number of hydrogen-bond donors (Lipinski definition) is 2. The number of hydrogen-bond acceptors (Lipinski definition) is 5. The smallest absolute Gasteiger partial charge is 0.338 e. The van der Waals surface area contributed by atoms with Gasteiger partial charge in [0.25, 0.3) is 0 Å². The van der Waals surface area contributed by atoms with Crippen LogP contribution in [-0.2, 0) is 19.9 Å². The minimum absolute atomic E-state index is 0.207. The first-order valence-corrected chi connectivity index (χ1v) is 13.4. The molecule has 0 unspecified atom stereocenters. The molecule has 3 aromatic carbocycles. The molecular weight excluding hydrogens is 503 g/mol. The summed E-state index contributed by atoms with van der Waals surface area (Å²) in [6.07, 6.45) is 4.57. The lowest BCUT2D eigenvalue weighted by molar-refractivity contribution is -0.0429. The molecule has 0 saturated heterocycles. The van der Waals surface area contributed by atoms with Gasteiger partial charge in [0, 0.05) is 11.8 Å². The van der Waals surface area contributed by atoms with E-state index in [2.05, 4.69) is 9.97 Å². The molecule has 1 aromatic heterocycles. The molecule has 0 amide bonds. The van der Waals surface area contributed by atoms with Crippen molar-refractivity contribution in [1.82, 2.24) is 9.97 Å². The van der Waals surface area contributed by atoms with Crippen molar-refractivity contribution < 1.29 is 30.0 Å². The molecular formula is C23H18F3N3O4S2. The second-order valence-corrected chi connectivity index (χ2v) is 11.3. The van der Waals surface area contributed by atoms with Crippen LogP contribution in [0.2, 0.25) is 0 Å². The lowest BCUT2D eigenvalue weighted by Crippen LogP contribution is -2.30. The highest BCUT2D eigenvalue weighted by molar-refractivity contribution is 7.93. The fourth-order valence-corrected chi connectivity index (χ4v) is 4.52. The van der Waals surface area contributed by atoms with Crippen LogP contribution in [-0.4, -0.2) is 38.6 Å². The largest absolute Gasteiger partial charge is 0.516 e. The molecule has 0 aliphatic carbocycles. The van der Waals surface area contributed by atoms with Crippen LogP contribution in [0.4, 0.5) is 18.9 Å². The third-order valence-electron chi connectivity index (χ3n) is 5.03. The van der Waals surface area contributed by atoms with Crippen molar-refractivity contribution in [3.8, 4) is 11.1 Å². The Morgan fingerprint density at radius 3 is 2.26 bits per heavy atom. The molecule has 35 heavy (non-hydrogen) atoms. The van der Waals surface area contributed by atoms with Gasteiger partial charge in [0.2, 0.25) is 0 Å². The van der Waals surface area contributed by atoms with Crippen molar-refractivity contribution in [1.29, 1.82) is 0 Å². The van der Waals surface area contributed by atoms with Crippen LogP contribution >= 0.6 is 0 Å². The number of imidazole rings is 1. The van der Waals surface area contributed by atoms with E-state index in [-0.39, 0.29) is 16.1 Å². The zero-order chi connectivity index (χ0) is 25.4. The second-order valence-electron chi connectivity index (χ2n) is 7.63. The van der Waals surface area contributed by atoms with Crippen molar-refractivity contribution in [3.63, 3.8) is 0 Å². The third kappa shape index (κ3) is 5.38. The van der Waals surface area contributed by atoms with Gasteiger partial charge in [-0.3, -0.25) is 4.72 Å². The normalized spacial score (nSPS) is 12.9. The monoisotopic (exact) mass is 521 g/mol. The summed E-state index contributed by atoms with van der Waals surface area (Å²) in [7, 11) is -8.86. The first-order valence-electron chi connectivity index (χ1n) is 10.00. The fourth-order valence-electron chi connectivity index (χ4n) is 3.30. The number of sulfonamides is 1. The van der Waals surface area contributed by atoms with Gasteiger partial charge < -0.3 is 4.98 Å². The van der Waals surface area contributed by atoms with Gasteiger partial charge >= 0.3 is 15.5 Å². The summed E-state index contributed by atoms with van der Waals surface area (Å²) in [4.78, 5) is 7.74. The second kappa shape index (κ2) is 8.86. The number of fused-ring (bicyclic) bond motifs is 1. The lowest BCUT2D eigenvalue weighted by atomic mass is 10.0. The summed E-state index contributed by atoms with van der Waals surface area (Å²) >= 11 is 0. The van der Waals surface area contributed by atoms with Gasteiger partial charge in [0.15, 0.2) is 9.84 Å². The molecule has 0 spiro atoms. The average molecular weight is 522 g/mol. The fraction of sp³-hybridized carbons (Fsp3) is 0.0870. The van der Waals surface area contributed by atoms with E-state index < -0.39 is 25.4 Å². The van der Waals surface area contributed by atoms with E-state index in [0.29, 0.717) is 22.4 Å². The van der Waals surface area contributed by atoms with Crippen molar-refractivity contribution in [2.75, 3.05) is 11.0 Å². The lowest BCUT2D eigenvalue weighted by Gasteiger charge is -2.14. The topological polar surface area (TPSA) is 109 Å². The molecule has 0 aliphatic rings. The number of sulfone groups is 1. The summed E-state index contributed by atoms with van der Waals surface area (Å²) in [6, 6.07) is 17.0. The van der Waals surface area contributed by atoms with Crippen molar-refractivity contribution >= 4 is 48.7 Å². The highest BCUT2D eigenvalue weighted by atomic mass is 32.2. The van der Waals surface area contributed by atoms with Gasteiger partial charge in [-0.1, -0.05) is 42.5 Å². The molecule has 1 heterocycles. The van der Waals surface area contributed by atoms with Crippen LogP contribution in [0.5, 0.6) is 0 Å². The summed E-state index contributed by atoms with van der Waals surface area (Å²) in [5.74, 6) is 0.496. The molecule has 0 aliphatic heterocycles. The summed E-state index contributed by atoms with van der Waals surface area (Å²) in [5, 5.41) is 0. The quantitative estimate of drug-likeness (QED) is 0.369. The third-order valence-corrected chi connectivity index (χ3v) is 7.26. The predicted octanol–water partition coefficient (Wildman–Crippen LogP) is 5.07. The molecule has 182 valence electrons. The van der Waals surface area contributed by atoms with Crippen LogP contribution in [0.1, 0.15) is 11.4 Å². The number of H-pyrrole nitrogens is 1. The molecule has 7 nitrogen and oxygen atoms in total. The molecule has 2 N–H and O–H groups in total. The van der Waals surface area contributed by atoms with Crippen molar-refractivity contribution in [3.05, 3.63) is 78.1 Å². The SMILES string of the molecule is CS(=O)(=O)c1ccc(/C=C/c2nc3ccc(-c4ccccc4NS(=O)(=O)C(F)(F)F)cc3[nH]2)cc1. The number of aromatic nitrogens is 2. The van der Waals surface area contributed by atoms with Crippen LogP contribution < -0.4 is 4.72 Å². The number of nitrogens with one attached hydrogen (secondary N) is 2. The number of nitrogens with zero attached hydrogens (tertiary/aromatic N) is 1. The maximum absolute atomic E-state index is 12.8. The summed E-state index contributed by atoms with van der Waals surface area (Å²) in [5.41, 5.74) is -2.98. The summed E-state index contributed by atoms with van der Waals surface area (Å²) < 4.78 is 86.4. The van der Waals surface area contributed by atoms with Crippen LogP contribution in [0.15, 0.2) is 71.6 Å². The predicted molar refractivity (Wildman–Crippen MR) is 129 cm³/mol. The minimum atomic E-state index is -5.58. The number of benzene rings is 3. The van der Waals surface area contributed by atoms with E-state index >= 15 is 0 Å². The maximum Gasteiger partial charge on any atom is 0.516 e. The van der Waals surface area contributed by atoms with Gasteiger partial charge in [-0.2, -0.15) is 21.6 Å². The minimum Gasteiger partial charge on any atom is -0.338 e. The zero-order valence-electron chi connectivity index (χ0n) is 18.0. The van der Waals surface area contributed by atoms with Gasteiger partial charge in [-0.25, -0.2) is 13.4 Å². The standard InChI is InChI=1S/C23H18F3N3O4S2/c1-34(30,31)17-10-6-15(7-11-17)8-13-22-27-20-12-9-16(14-21(20)28-22)18-4-2-3-5-19(18)29-35(32,33)23(24,25)26/h2-14,29H,1H3,(H,27,28)/b13-8+. The Morgan fingerprint density at radius 1 is 0.914 bits per heavy atom. The van der Waals surface area contributed by atoms with Crippen molar-refractivity contribution in [2.45, 2.75) is 10.4 Å². The Hall–Kier alpha value is -3.64. The number of aromatic amines is 1. The Bertz CT molecular complexity index is 1640. The van der Waals surface area contributed by atoms with E-state index in [1.165, 1.54) is 30.3 Å². The van der Waals surface area contributed by atoms with Gasteiger partial charge in [0.1, 0.15) is 5.82 Å². The van der Waals surface area contributed by atoms with Gasteiger partial charge in [-0.05, 0) is 47.5 Å². The summed E-state index contributed by atoms with van der Waals surface area (Å²) in [6.45, 7) is 0. The first kappa shape index (κ1) is 24.5. The highest BCUT2D eigenvalue weighted by Gasteiger charge is 2.46. The van der Waals surface area contributed by atoms with Crippen LogP contribution in [0.3, 0.4) is 0 Å². The van der Waals surface area contributed by atoms with E-state index in [0.717, 1.165) is 11.8 Å². The molecule has 0 bridgehead atoms.